The molecule has 19 heavy (non-hydrogen) atoms. The third-order valence-corrected chi connectivity index (χ3v) is 3.27. The summed E-state index contributed by atoms with van der Waals surface area (Å²) in [5.41, 5.74) is 1.83. The standard InChI is InChI=1S/C14H21N3O.ClH/c1-11-10-17(8-7-15-11)14(18)12-5-4-6-13(9-12)16(2)3;/h4-6,9,11,15H,7-8,10H2,1-3H3;1H/t11-;/m1./s1. The molecular formula is C14H22ClN3O. The molecule has 0 spiro atoms. The highest BCUT2D eigenvalue weighted by Gasteiger charge is 2.21. The molecular weight excluding hydrogens is 262 g/mol. The number of amides is 1. The number of hydrogen-bond donors (Lipinski definition) is 1. The van der Waals surface area contributed by atoms with Gasteiger partial charge in [0.25, 0.3) is 5.91 Å². The summed E-state index contributed by atoms with van der Waals surface area (Å²) in [4.78, 5) is 16.3. The fraction of sp³-hybridized carbons (Fsp3) is 0.500. The van der Waals surface area contributed by atoms with Gasteiger partial charge in [-0.15, -0.1) is 12.4 Å². The van der Waals surface area contributed by atoms with Crippen molar-refractivity contribution in [2.24, 2.45) is 0 Å². The number of hydrogen-bond acceptors (Lipinski definition) is 3. The fourth-order valence-corrected chi connectivity index (χ4v) is 2.22. The molecule has 1 aromatic carbocycles. The first-order chi connectivity index (χ1) is 8.58. The van der Waals surface area contributed by atoms with Crippen molar-refractivity contribution in [3.63, 3.8) is 0 Å². The summed E-state index contributed by atoms with van der Waals surface area (Å²) in [6.07, 6.45) is 0. The maximum Gasteiger partial charge on any atom is 0.254 e. The van der Waals surface area contributed by atoms with Crippen LogP contribution in [0.2, 0.25) is 0 Å². The van der Waals surface area contributed by atoms with E-state index in [9.17, 15) is 4.79 Å². The summed E-state index contributed by atoms with van der Waals surface area (Å²) in [5, 5.41) is 3.35. The van der Waals surface area contributed by atoms with Crippen molar-refractivity contribution in [2.45, 2.75) is 13.0 Å². The van der Waals surface area contributed by atoms with Gasteiger partial charge < -0.3 is 15.1 Å². The van der Waals surface area contributed by atoms with Crippen molar-refractivity contribution >= 4 is 24.0 Å². The van der Waals surface area contributed by atoms with Gasteiger partial charge in [0.15, 0.2) is 0 Å². The number of anilines is 1. The van der Waals surface area contributed by atoms with Crippen molar-refractivity contribution in [1.82, 2.24) is 10.2 Å². The van der Waals surface area contributed by atoms with Crippen molar-refractivity contribution < 1.29 is 4.79 Å². The number of rotatable bonds is 2. The normalized spacial score (nSPS) is 18.7. The van der Waals surface area contributed by atoms with Crippen LogP contribution >= 0.6 is 12.4 Å². The first-order valence-corrected chi connectivity index (χ1v) is 6.38. The van der Waals surface area contributed by atoms with Gasteiger partial charge in [-0.1, -0.05) is 6.07 Å². The number of piperazine rings is 1. The molecule has 1 N–H and O–H groups in total. The molecule has 1 saturated heterocycles. The first kappa shape index (κ1) is 15.8. The van der Waals surface area contributed by atoms with Crippen LogP contribution in [0.4, 0.5) is 5.69 Å². The zero-order chi connectivity index (χ0) is 13.1. The second-order valence-electron chi connectivity index (χ2n) is 5.05. The third kappa shape index (κ3) is 3.85. The number of carbonyl (C=O) groups is 1. The molecule has 1 atom stereocenters. The summed E-state index contributed by atoms with van der Waals surface area (Å²) >= 11 is 0. The van der Waals surface area contributed by atoms with Gasteiger partial charge in [0, 0.05) is 51.0 Å². The van der Waals surface area contributed by atoms with E-state index < -0.39 is 0 Å². The van der Waals surface area contributed by atoms with E-state index in [1.165, 1.54) is 0 Å². The van der Waals surface area contributed by atoms with Gasteiger partial charge in [-0.2, -0.15) is 0 Å². The summed E-state index contributed by atoms with van der Waals surface area (Å²) in [6.45, 7) is 4.55. The van der Waals surface area contributed by atoms with Crippen molar-refractivity contribution in [2.75, 3.05) is 38.6 Å². The Morgan fingerprint density at radius 3 is 2.79 bits per heavy atom. The van der Waals surface area contributed by atoms with E-state index >= 15 is 0 Å². The van der Waals surface area contributed by atoms with Gasteiger partial charge in [0.1, 0.15) is 0 Å². The SMILES string of the molecule is C[C@@H]1CN(C(=O)c2cccc(N(C)C)c2)CCN1.Cl. The van der Waals surface area contributed by atoms with Crippen LogP contribution in [0.1, 0.15) is 17.3 Å². The molecule has 1 aromatic rings. The predicted molar refractivity (Wildman–Crippen MR) is 81.4 cm³/mol. The van der Waals surface area contributed by atoms with Gasteiger partial charge in [0.05, 0.1) is 0 Å². The van der Waals surface area contributed by atoms with E-state index in [0.29, 0.717) is 6.04 Å². The van der Waals surface area contributed by atoms with Crippen molar-refractivity contribution in [1.29, 1.82) is 0 Å². The first-order valence-electron chi connectivity index (χ1n) is 6.38. The summed E-state index contributed by atoms with van der Waals surface area (Å²) in [6, 6.07) is 8.17. The number of benzene rings is 1. The van der Waals surface area contributed by atoms with E-state index in [4.69, 9.17) is 0 Å². The molecule has 4 nitrogen and oxygen atoms in total. The monoisotopic (exact) mass is 283 g/mol. The molecule has 1 aliphatic heterocycles. The Bertz CT molecular complexity index is 436. The molecule has 1 aliphatic rings. The Balaban J connectivity index is 0.00000180. The Morgan fingerprint density at radius 2 is 2.16 bits per heavy atom. The van der Waals surface area contributed by atoms with Gasteiger partial charge in [-0.3, -0.25) is 4.79 Å². The van der Waals surface area contributed by atoms with Crippen LogP contribution in [0.5, 0.6) is 0 Å². The minimum atomic E-state index is 0. The maximum absolute atomic E-state index is 12.4. The average molecular weight is 284 g/mol. The molecule has 0 radical (unpaired) electrons. The van der Waals surface area contributed by atoms with Crippen LogP contribution < -0.4 is 10.2 Å². The lowest BCUT2D eigenvalue weighted by atomic mass is 10.1. The predicted octanol–water partition coefficient (Wildman–Crippen LogP) is 1.61. The summed E-state index contributed by atoms with van der Waals surface area (Å²) in [7, 11) is 3.97. The lowest BCUT2D eigenvalue weighted by Gasteiger charge is -2.32. The molecule has 1 heterocycles. The Morgan fingerprint density at radius 1 is 1.42 bits per heavy atom. The smallest absolute Gasteiger partial charge is 0.254 e. The second-order valence-corrected chi connectivity index (χ2v) is 5.05. The van der Waals surface area contributed by atoms with E-state index in [1.807, 2.05) is 48.2 Å². The lowest BCUT2D eigenvalue weighted by molar-refractivity contribution is 0.0709. The van der Waals surface area contributed by atoms with Crippen LogP contribution in [-0.2, 0) is 0 Å². The molecule has 106 valence electrons. The van der Waals surface area contributed by atoms with Gasteiger partial charge in [0.2, 0.25) is 0 Å². The molecule has 0 aliphatic carbocycles. The fourth-order valence-electron chi connectivity index (χ4n) is 2.22. The molecule has 1 fully saturated rings. The Kier molecular flexibility index (Phi) is 5.63. The van der Waals surface area contributed by atoms with Crippen LogP contribution in [-0.4, -0.2) is 50.6 Å². The number of carbonyl (C=O) groups excluding carboxylic acids is 1. The van der Waals surface area contributed by atoms with E-state index in [0.717, 1.165) is 30.9 Å². The Labute approximate surface area is 121 Å². The molecule has 0 bridgehead atoms. The average Bonchev–Trinajstić information content (AvgIpc) is 2.38. The zero-order valence-corrected chi connectivity index (χ0v) is 12.5. The van der Waals surface area contributed by atoms with Crippen LogP contribution in [0, 0.1) is 0 Å². The summed E-state index contributed by atoms with van der Waals surface area (Å²) < 4.78 is 0. The number of nitrogens with one attached hydrogen (secondary N) is 1. The van der Waals surface area contributed by atoms with E-state index in [-0.39, 0.29) is 18.3 Å². The van der Waals surface area contributed by atoms with Crippen molar-refractivity contribution in [3.05, 3.63) is 29.8 Å². The second kappa shape index (κ2) is 6.78. The van der Waals surface area contributed by atoms with Crippen LogP contribution in [0.25, 0.3) is 0 Å². The largest absolute Gasteiger partial charge is 0.378 e. The zero-order valence-electron chi connectivity index (χ0n) is 11.7. The van der Waals surface area contributed by atoms with Crippen LogP contribution in [0.15, 0.2) is 24.3 Å². The molecule has 2 rings (SSSR count). The molecule has 5 heteroatoms. The molecule has 0 unspecified atom stereocenters. The third-order valence-electron chi connectivity index (χ3n) is 3.27. The minimum absolute atomic E-state index is 0. The highest BCUT2D eigenvalue weighted by molar-refractivity contribution is 5.95. The van der Waals surface area contributed by atoms with Gasteiger partial charge in [-0.05, 0) is 25.1 Å². The molecule has 1 amide bonds. The highest BCUT2D eigenvalue weighted by Crippen LogP contribution is 2.15. The maximum atomic E-state index is 12.4. The van der Waals surface area contributed by atoms with Gasteiger partial charge >= 0.3 is 0 Å². The quantitative estimate of drug-likeness (QED) is 0.896. The lowest BCUT2D eigenvalue weighted by Crippen LogP contribution is -2.51. The highest BCUT2D eigenvalue weighted by atomic mass is 35.5. The van der Waals surface area contributed by atoms with E-state index in [1.54, 1.807) is 0 Å². The topological polar surface area (TPSA) is 35.6 Å². The molecule has 0 saturated carbocycles. The number of nitrogens with zero attached hydrogens (tertiary/aromatic N) is 2. The van der Waals surface area contributed by atoms with Crippen molar-refractivity contribution in [3.8, 4) is 0 Å². The summed E-state index contributed by atoms with van der Waals surface area (Å²) in [5.74, 6) is 0.132. The number of halogens is 1. The molecule has 0 aromatic heterocycles. The minimum Gasteiger partial charge on any atom is -0.378 e. The van der Waals surface area contributed by atoms with Crippen LogP contribution in [0.3, 0.4) is 0 Å². The van der Waals surface area contributed by atoms with Gasteiger partial charge in [-0.25, -0.2) is 0 Å². The Hall–Kier alpha value is -1.26. The van der Waals surface area contributed by atoms with E-state index in [2.05, 4.69) is 12.2 Å².